The number of hydrogen-bond acceptors (Lipinski definition) is 11. The zero-order chi connectivity index (χ0) is 60.3. The van der Waals surface area contributed by atoms with Gasteiger partial charge in [-0.1, -0.05) is 233 Å². The number of esters is 3. The maximum absolute atomic E-state index is 13.2. The summed E-state index contributed by atoms with van der Waals surface area (Å²) in [6, 6.07) is 0. The summed E-state index contributed by atoms with van der Waals surface area (Å²) < 4.78 is 28.5. The monoisotopic (exact) mass is 1160 g/mol. The standard InChI is InChI=1S/C71H116O12/c1-4-7-10-13-16-19-22-25-28-30-32-34-37-39-42-45-48-51-54-57-63(72)79-60-62(81-64(73)58-55-52-49-46-43-41-38-35-33-31-29-26-23-20-17-14-11-8-5-2)61-80-71-69(67(76)66(75)68(83-71)70(77)78)82-65(74)59-56-53-50-47-44-40-36-27-24-21-18-15-12-9-6-3/h7,9-10,12,16-21,25-29,32,34,36,62,66-69,71,75-76H,4-6,8,11,13-15,22-24,30-31,33,35,37-61H2,1-3H3,(H,77,78)/b10-7-,12-9-,19-16-,20-17-,21-18-,28-25-,29-26-,34-32-,36-27-. The first-order valence-electron chi connectivity index (χ1n) is 32.9. The normalized spacial score (nSPS) is 18.3. The fraction of sp³-hybridized carbons (Fsp3) is 0.690. The van der Waals surface area contributed by atoms with Crippen LogP contribution < -0.4 is 0 Å². The Kier molecular flexibility index (Phi) is 53.2. The van der Waals surface area contributed by atoms with E-state index in [0.29, 0.717) is 19.3 Å². The molecule has 0 spiro atoms. The van der Waals surface area contributed by atoms with E-state index in [-0.39, 0.29) is 25.9 Å². The quantitative estimate of drug-likeness (QED) is 0.0228. The molecule has 0 aliphatic carbocycles. The topological polar surface area (TPSA) is 175 Å². The first-order chi connectivity index (χ1) is 40.6. The Hall–Kier alpha value is -4.62. The first kappa shape index (κ1) is 76.4. The molecule has 1 aliphatic heterocycles. The molecule has 0 aromatic heterocycles. The van der Waals surface area contributed by atoms with Crippen molar-refractivity contribution in [3.05, 3.63) is 109 Å². The van der Waals surface area contributed by atoms with Gasteiger partial charge < -0.3 is 39.0 Å². The fourth-order valence-electron chi connectivity index (χ4n) is 9.34. The van der Waals surface area contributed by atoms with E-state index in [1.54, 1.807) is 0 Å². The number of carboxylic acid groups (broad SMARTS) is 1. The summed E-state index contributed by atoms with van der Waals surface area (Å²) in [4.78, 5) is 51.4. The largest absolute Gasteiger partial charge is 0.479 e. The number of unbranched alkanes of at least 4 members (excludes halogenated alkanes) is 23. The minimum absolute atomic E-state index is 0.0346. The highest BCUT2D eigenvalue weighted by atomic mass is 16.7. The lowest BCUT2D eigenvalue weighted by Crippen LogP contribution is -2.61. The maximum Gasteiger partial charge on any atom is 0.335 e. The number of aliphatic hydroxyl groups excluding tert-OH is 2. The average molecular weight is 1160 g/mol. The van der Waals surface area contributed by atoms with Gasteiger partial charge in [-0.3, -0.25) is 14.4 Å². The lowest BCUT2D eigenvalue weighted by molar-refractivity contribution is -0.301. The van der Waals surface area contributed by atoms with Gasteiger partial charge in [-0.05, 0) is 122 Å². The Morgan fingerprint density at radius 2 is 0.759 bits per heavy atom. The molecule has 0 aromatic carbocycles. The molecule has 1 heterocycles. The predicted molar refractivity (Wildman–Crippen MR) is 340 cm³/mol. The van der Waals surface area contributed by atoms with Crippen LogP contribution in [0.3, 0.4) is 0 Å². The molecule has 0 bridgehead atoms. The number of aliphatic hydroxyl groups is 2. The molecule has 0 saturated carbocycles. The summed E-state index contributed by atoms with van der Waals surface area (Å²) in [5.41, 5.74) is 0. The number of allylic oxidation sites excluding steroid dienone is 18. The third kappa shape index (κ3) is 47.3. The molecule has 0 aromatic rings. The molecule has 1 fully saturated rings. The second kappa shape index (κ2) is 57.8. The van der Waals surface area contributed by atoms with Crippen molar-refractivity contribution in [1.29, 1.82) is 0 Å². The van der Waals surface area contributed by atoms with Crippen molar-refractivity contribution >= 4 is 23.9 Å². The van der Waals surface area contributed by atoms with E-state index >= 15 is 0 Å². The van der Waals surface area contributed by atoms with Crippen molar-refractivity contribution in [2.24, 2.45) is 0 Å². The molecule has 0 amide bonds. The maximum atomic E-state index is 13.2. The Balaban J connectivity index is 2.68. The summed E-state index contributed by atoms with van der Waals surface area (Å²) in [7, 11) is 0. The van der Waals surface area contributed by atoms with Crippen molar-refractivity contribution in [3.8, 4) is 0 Å². The van der Waals surface area contributed by atoms with Crippen LogP contribution >= 0.6 is 0 Å². The molecule has 1 aliphatic rings. The molecule has 6 unspecified atom stereocenters. The molecule has 0 radical (unpaired) electrons. The van der Waals surface area contributed by atoms with Gasteiger partial charge >= 0.3 is 23.9 Å². The van der Waals surface area contributed by atoms with Crippen molar-refractivity contribution < 1.29 is 58.2 Å². The van der Waals surface area contributed by atoms with Gasteiger partial charge in [0.1, 0.15) is 18.8 Å². The van der Waals surface area contributed by atoms with Crippen molar-refractivity contribution in [2.45, 2.75) is 302 Å². The highest BCUT2D eigenvalue weighted by Gasteiger charge is 2.50. The second-order valence-electron chi connectivity index (χ2n) is 22.0. The molecule has 12 heteroatoms. The Morgan fingerprint density at radius 3 is 1.16 bits per heavy atom. The van der Waals surface area contributed by atoms with Crippen molar-refractivity contribution in [3.63, 3.8) is 0 Å². The smallest absolute Gasteiger partial charge is 0.335 e. The number of hydrogen-bond donors (Lipinski definition) is 3. The Bertz CT molecular complexity index is 1860. The number of carboxylic acids is 1. The van der Waals surface area contributed by atoms with Gasteiger partial charge in [0, 0.05) is 19.3 Å². The van der Waals surface area contributed by atoms with Gasteiger partial charge in [-0.25, -0.2) is 4.79 Å². The van der Waals surface area contributed by atoms with Crippen LogP contribution in [0.25, 0.3) is 0 Å². The van der Waals surface area contributed by atoms with Crippen LogP contribution in [0.15, 0.2) is 109 Å². The third-order valence-electron chi connectivity index (χ3n) is 14.3. The fourth-order valence-corrected chi connectivity index (χ4v) is 9.34. The van der Waals surface area contributed by atoms with Crippen LogP contribution in [0.5, 0.6) is 0 Å². The van der Waals surface area contributed by atoms with Gasteiger partial charge in [-0.2, -0.15) is 0 Å². The van der Waals surface area contributed by atoms with Crippen LogP contribution in [0.1, 0.15) is 265 Å². The van der Waals surface area contributed by atoms with E-state index in [2.05, 4.69) is 130 Å². The van der Waals surface area contributed by atoms with Crippen LogP contribution in [-0.4, -0.2) is 89.2 Å². The molecule has 1 saturated heterocycles. The number of carbonyl (C=O) groups excluding carboxylic acids is 3. The summed E-state index contributed by atoms with van der Waals surface area (Å²) in [6.45, 7) is 5.74. The van der Waals surface area contributed by atoms with Crippen LogP contribution in [0.4, 0.5) is 0 Å². The summed E-state index contributed by atoms with van der Waals surface area (Å²) in [5.74, 6) is -3.17. The van der Waals surface area contributed by atoms with E-state index in [9.17, 15) is 34.5 Å². The third-order valence-corrected chi connectivity index (χ3v) is 14.3. The molecule has 3 N–H and O–H groups in total. The lowest BCUT2D eigenvalue weighted by Gasteiger charge is -2.40. The van der Waals surface area contributed by atoms with Gasteiger partial charge in [0.2, 0.25) is 0 Å². The van der Waals surface area contributed by atoms with Crippen LogP contribution in [0, 0.1) is 0 Å². The van der Waals surface area contributed by atoms with Crippen molar-refractivity contribution in [2.75, 3.05) is 13.2 Å². The van der Waals surface area contributed by atoms with E-state index < -0.39 is 67.3 Å². The molecular formula is C71H116O12. The van der Waals surface area contributed by atoms with E-state index in [4.69, 9.17) is 23.7 Å². The SMILES string of the molecule is CC/C=C\C/C=C\C/C=C\C/C=C\CCCCCCCCC(=O)OCC(COC1OC(C(=O)O)C(O)C(O)C1OC(=O)CCCCCCC/C=C\C/C=C\C/C=C\CC)OC(=O)CCCCCCCCCCC/C=C\C/C=C\CCCCC. The van der Waals surface area contributed by atoms with E-state index in [0.717, 1.165) is 154 Å². The van der Waals surface area contributed by atoms with Gasteiger partial charge in [0.05, 0.1) is 6.61 Å². The minimum atomic E-state index is -1.92. The molecule has 12 nitrogen and oxygen atoms in total. The molecule has 83 heavy (non-hydrogen) atoms. The highest BCUT2D eigenvalue weighted by Crippen LogP contribution is 2.26. The summed E-state index contributed by atoms with van der Waals surface area (Å²) in [6.07, 6.45) is 66.1. The van der Waals surface area contributed by atoms with Crippen LogP contribution in [0.2, 0.25) is 0 Å². The second-order valence-corrected chi connectivity index (χ2v) is 22.0. The number of aliphatic carboxylic acids is 1. The Morgan fingerprint density at radius 1 is 0.410 bits per heavy atom. The molecule has 6 atom stereocenters. The van der Waals surface area contributed by atoms with Gasteiger partial charge in [-0.15, -0.1) is 0 Å². The highest BCUT2D eigenvalue weighted by molar-refractivity contribution is 5.74. The summed E-state index contributed by atoms with van der Waals surface area (Å²) >= 11 is 0. The Labute approximate surface area is 504 Å². The zero-order valence-corrected chi connectivity index (χ0v) is 52.2. The van der Waals surface area contributed by atoms with Gasteiger partial charge in [0.25, 0.3) is 0 Å². The predicted octanol–water partition coefficient (Wildman–Crippen LogP) is 17.8. The van der Waals surface area contributed by atoms with Crippen molar-refractivity contribution in [1.82, 2.24) is 0 Å². The number of carbonyl (C=O) groups is 4. The summed E-state index contributed by atoms with van der Waals surface area (Å²) in [5, 5.41) is 31.6. The number of ether oxygens (including phenoxy) is 5. The molecule has 1 rings (SSSR count). The van der Waals surface area contributed by atoms with Crippen LogP contribution in [-0.2, 0) is 42.9 Å². The van der Waals surface area contributed by atoms with Gasteiger partial charge in [0.15, 0.2) is 24.6 Å². The van der Waals surface area contributed by atoms with E-state index in [1.807, 2.05) is 0 Å². The lowest BCUT2D eigenvalue weighted by atomic mass is 9.98. The zero-order valence-electron chi connectivity index (χ0n) is 52.2. The van der Waals surface area contributed by atoms with E-state index in [1.165, 1.54) is 51.4 Å². The average Bonchev–Trinajstić information content (AvgIpc) is 3.58. The molecular weight excluding hydrogens is 1040 g/mol. The first-order valence-corrected chi connectivity index (χ1v) is 32.9. The molecule has 472 valence electrons. The number of rotatable bonds is 55. The minimum Gasteiger partial charge on any atom is -0.479 e.